The van der Waals surface area contributed by atoms with Crippen molar-refractivity contribution in [3.05, 3.63) is 58.7 Å². The topological polar surface area (TPSA) is 52.0 Å². The van der Waals surface area contributed by atoms with Crippen LogP contribution >= 0.6 is 0 Å². The SMILES string of the molecule is CC12CCC(C)(c3ccc(N)cc31)c1cc(N)ccc12. The first-order chi connectivity index (χ1) is 9.45. The van der Waals surface area contributed by atoms with Gasteiger partial charge in [-0.2, -0.15) is 0 Å². The number of fused-ring (bicyclic) bond motifs is 1. The monoisotopic (exact) mass is 264 g/mol. The van der Waals surface area contributed by atoms with Crippen molar-refractivity contribution in [3.63, 3.8) is 0 Å². The van der Waals surface area contributed by atoms with Gasteiger partial charge in [-0.15, -0.1) is 0 Å². The van der Waals surface area contributed by atoms with Gasteiger partial charge in [-0.3, -0.25) is 0 Å². The van der Waals surface area contributed by atoms with Gasteiger partial charge in [0, 0.05) is 22.2 Å². The molecule has 20 heavy (non-hydrogen) atoms. The third-order valence-electron chi connectivity index (χ3n) is 5.59. The molecule has 3 aliphatic carbocycles. The fourth-order valence-corrected chi connectivity index (χ4v) is 4.33. The van der Waals surface area contributed by atoms with E-state index in [1.165, 1.54) is 35.1 Å². The van der Waals surface area contributed by atoms with E-state index in [4.69, 9.17) is 11.5 Å². The number of nitrogens with two attached hydrogens (primary N) is 2. The quantitative estimate of drug-likeness (QED) is 0.715. The Kier molecular flexibility index (Phi) is 2.00. The molecule has 0 saturated carbocycles. The van der Waals surface area contributed by atoms with Crippen molar-refractivity contribution < 1.29 is 0 Å². The molecular formula is C18H20N2. The number of rotatable bonds is 0. The molecule has 0 spiro atoms. The molecule has 2 aromatic rings. The van der Waals surface area contributed by atoms with E-state index in [0.717, 1.165) is 11.4 Å². The average Bonchev–Trinajstić information content (AvgIpc) is 2.42. The van der Waals surface area contributed by atoms with E-state index in [0.29, 0.717) is 0 Å². The van der Waals surface area contributed by atoms with Gasteiger partial charge in [0.1, 0.15) is 0 Å². The second kappa shape index (κ2) is 3.38. The molecule has 0 aromatic heterocycles. The molecule has 0 radical (unpaired) electrons. The van der Waals surface area contributed by atoms with Crippen molar-refractivity contribution in [2.24, 2.45) is 0 Å². The van der Waals surface area contributed by atoms with E-state index in [1.807, 2.05) is 12.1 Å². The van der Waals surface area contributed by atoms with Crippen molar-refractivity contribution in [3.8, 4) is 0 Å². The average molecular weight is 264 g/mol. The molecule has 0 saturated heterocycles. The fourth-order valence-electron chi connectivity index (χ4n) is 4.33. The third kappa shape index (κ3) is 1.20. The van der Waals surface area contributed by atoms with Crippen LogP contribution in [-0.4, -0.2) is 0 Å². The highest BCUT2D eigenvalue weighted by Gasteiger charge is 2.51. The molecular weight excluding hydrogens is 244 g/mol. The standard InChI is InChI=1S/C18H20N2/c1-17-7-8-18(2,14-6-4-11(19)9-15(14)17)16-10-12(20)3-5-13(16)17/h3-6,9-10H,7-8,19-20H2,1-2H3. The minimum Gasteiger partial charge on any atom is -0.399 e. The van der Waals surface area contributed by atoms with Crippen LogP contribution in [0.15, 0.2) is 36.4 Å². The lowest BCUT2D eigenvalue weighted by Gasteiger charge is -2.53. The first-order valence-corrected chi connectivity index (χ1v) is 7.26. The summed E-state index contributed by atoms with van der Waals surface area (Å²) < 4.78 is 0. The summed E-state index contributed by atoms with van der Waals surface area (Å²) in [5.74, 6) is 0. The highest BCUT2D eigenvalue weighted by atomic mass is 14.6. The van der Waals surface area contributed by atoms with Crippen molar-refractivity contribution in [2.75, 3.05) is 11.5 Å². The molecule has 2 nitrogen and oxygen atoms in total. The lowest BCUT2D eigenvalue weighted by Crippen LogP contribution is -2.46. The molecule has 102 valence electrons. The summed E-state index contributed by atoms with van der Waals surface area (Å²) in [6.07, 6.45) is 2.35. The Morgan fingerprint density at radius 1 is 0.700 bits per heavy atom. The molecule has 2 aromatic carbocycles. The van der Waals surface area contributed by atoms with Crippen LogP contribution in [0.5, 0.6) is 0 Å². The van der Waals surface area contributed by atoms with E-state index in [1.54, 1.807) is 0 Å². The Morgan fingerprint density at radius 2 is 1.10 bits per heavy atom. The third-order valence-corrected chi connectivity index (χ3v) is 5.59. The maximum absolute atomic E-state index is 6.04. The van der Waals surface area contributed by atoms with Gasteiger partial charge in [-0.25, -0.2) is 0 Å². The van der Waals surface area contributed by atoms with Crippen molar-refractivity contribution >= 4 is 11.4 Å². The maximum atomic E-state index is 6.04. The summed E-state index contributed by atoms with van der Waals surface area (Å²) in [6.45, 7) is 4.69. The van der Waals surface area contributed by atoms with Gasteiger partial charge < -0.3 is 11.5 Å². The second-order valence-electron chi connectivity index (χ2n) is 6.77. The summed E-state index contributed by atoms with van der Waals surface area (Å²) in [7, 11) is 0. The first-order valence-electron chi connectivity index (χ1n) is 7.26. The molecule has 4 N–H and O–H groups in total. The van der Waals surface area contributed by atoms with Crippen LogP contribution in [0.4, 0.5) is 11.4 Å². The van der Waals surface area contributed by atoms with Gasteiger partial charge in [0.05, 0.1) is 0 Å². The zero-order valence-electron chi connectivity index (χ0n) is 12.0. The van der Waals surface area contributed by atoms with E-state index >= 15 is 0 Å². The number of benzene rings is 2. The highest BCUT2D eigenvalue weighted by Crippen LogP contribution is 2.59. The zero-order valence-corrected chi connectivity index (χ0v) is 12.0. The number of hydrogen-bond acceptors (Lipinski definition) is 2. The van der Waals surface area contributed by atoms with Crippen LogP contribution in [0.2, 0.25) is 0 Å². The predicted molar refractivity (Wildman–Crippen MR) is 83.9 cm³/mol. The predicted octanol–water partition coefficient (Wildman–Crippen LogP) is 3.57. The Balaban J connectivity index is 2.12. The highest BCUT2D eigenvalue weighted by molar-refractivity contribution is 5.66. The van der Waals surface area contributed by atoms with E-state index < -0.39 is 0 Å². The largest absolute Gasteiger partial charge is 0.399 e. The van der Waals surface area contributed by atoms with Crippen LogP contribution in [0.3, 0.4) is 0 Å². The Labute approximate surface area is 119 Å². The Hall–Kier alpha value is -1.96. The molecule has 2 bridgehead atoms. The zero-order chi connectivity index (χ0) is 14.1. The Morgan fingerprint density at radius 3 is 1.50 bits per heavy atom. The molecule has 0 heterocycles. The molecule has 0 fully saturated rings. The Bertz CT molecular complexity index is 671. The van der Waals surface area contributed by atoms with Crippen LogP contribution < -0.4 is 11.5 Å². The van der Waals surface area contributed by atoms with Gasteiger partial charge in [0.25, 0.3) is 0 Å². The molecule has 5 rings (SSSR count). The minimum absolute atomic E-state index is 0.0749. The number of hydrogen-bond donors (Lipinski definition) is 2. The van der Waals surface area contributed by atoms with Gasteiger partial charge in [-0.1, -0.05) is 26.0 Å². The van der Waals surface area contributed by atoms with E-state index in [-0.39, 0.29) is 10.8 Å². The lowest BCUT2D eigenvalue weighted by molar-refractivity contribution is 0.327. The van der Waals surface area contributed by atoms with Crippen LogP contribution in [-0.2, 0) is 10.8 Å². The minimum atomic E-state index is 0.0749. The van der Waals surface area contributed by atoms with Gasteiger partial charge >= 0.3 is 0 Å². The summed E-state index contributed by atoms with van der Waals surface area (Å²) in [4.78, 5) is 0. The summed E-state index contributed by atoms with van der Waals surface area (Å²) in [6, 6.07) is 12.8. The number of anilines is 2. The van der Waals surface area contributed by atoms with Crippen LogP contribution in [0.1, 0.15) is 48.9 Å². The summed E-state index contributed by atoms with van der Waals surface area (Å²) in [5.41, 5.74) is 19.6. The van der Waals surface area contributed by atoms with Crippen molar-refractivity contribution in [1.29, 1.82) is 0 Å². The van der Waals surface area contributed by atoms with Gasteiger partial charge in [0.2, 0.25) is 0 Å². The fraction of sp³-hybridized carbons (Fsp3) is 0.333. The van der Waals surface area contributed by atoms with Crippen molar-refractivity contribution in [1.82, 2.24) is 0 Å². The van der Waals surface area contributed by atoms with E-state index in [9.17, 15) is 0 Å². The van der Waals surface area contributed by atoms with E-state index in [2.05, 4.69) is 38.1 Å². The summed E-state index contributed by atoms with van der Waals surface area (Å²) >= 11 is 0. The molecule has 0 aliphatic heterocycles. The van der Waals surface area contributed by atoms with Gasteiger partial charge in [0.15, 0.2) is 0 Å². The molecule has 3 aliphatic rings. The number of nitrogen functional groups attached to an aromatic ring is 2. The van der Waals surface area contributed by atoms with Crippen LogP contribution in [0.25, 0.3) is 0 Å². The lowest BCUT2D eigenvalue weighted by atomic mass is 9.50. The smallest absolute Gasteiger partial charge is 0.0317 e. The molecule has 2 heteroatoms. The van der Waals surface area contributed by atoms with Crippen molar-refractivity contribution in [2.45, 2.75) is 37.5 Å². The maximum Gasteiger partial charge on any atom is 0.0317 e. The first kappa shape index (κ1) is 11.8. The normalized spacial score (nSPS) is 29.9. The second-order valence-corrected chi connectivity index (χ2v) is 6.77. The molecule has 0 amide bonds. The summed E-state index contributed by atoms with van der Waals surface area (Å²) in [5, 5.41) is 0. The van der Waals surface area contributed by atoms with Gasteiger partial charge in [-0.05, 0) is 59.4 Å². The van der Waals surface area contributed by atoms with Crippen LogP contribution in [0, 0.1) is 0 Å². The molecule has 2 atom stereocenters. The molecule has 2 unspecified atom stereocenters.